The van der Waals surface area contributed by atoms with Gasteiger partial charge in [-0.15, -0.1) is 6.42 Å². The molecule has 0 rings (SSSR count). The molecule has 0 atom stereocenters. The number of halogens is 1. The Labute approximate surface area is 62.5 Å². The van der Waals surface area contributed by atoms with Gasteiger partial charge in [-0.05, 0) is 5.92 Å². The highest BCUT2D eigenvalue weighted by atomic mass is 79.9. The molecule has 1 amide bonds. The van der Waals surface area contributed by atoms with Crippen LogP contribution in [0.4, 0.5) is 0 Å². The minimum absolute atomic E-state index is 0.378. The summed E-state index contributed by atoms with van der Waals surface area (Å²) in [7, 11) is 0. The molecule has 0 aromatic carbocycles. The van der Waals surface area contributed by atoms with Gasteiger partial charge in [0.1, 0.15) is 0 Å². The molecular formula is C6H6BrNO. The molecule has 0 radical (unpaired) electrons. The monoisotopic (exact) mass is 187 g/mol. The van der Waals surface area contributed by atoms with Crippen LogP contribution in [-0.4, -0.2) is 12.5 Å². The van der Waals surface area contributed by atoms with Gasteiger partial charge in [-0.1, -0.05) is 22.5 Å². The van der Waals surface area contributed by atoms with Gasteiger partial charge >= 0.3 is 0 Å². The minimum atomic E-state index is -0.421. The molecular weight excluding hydrogens is 182 g/mol. The van der Waals surface area contributed by atoms with Crippen molar-refractivity contribution in [1.82, 2.24) is 5.32 Å². The Kier molecular flexibility index (Phi) is 3.81. The lowest BCUT2D eigenvalue weighted by Gasteiger charge is -1.95. The van der Waals surface area contributed by atoms with E-state index in [9.17, 15) is 4.79 Å². The number of rotatable bonds is 2. The molecule has 0 saturated carbocycles. The Morgan fingerprint density at radius 3 is 2.78 bits per heavy atom. The Hall–Kier alpha value is -0.750. The van der Waals surface area contributed by atoms with Crippen LogP contribution in [0.5, 0.6) is 0 Å². The summed E-state index contributed by atoms with van der Waals surface area (Å²) in [6, 6.07) is 0. The van der Waals surface area contributed by atoms with Gasteiger partial charge in [0.2, 0.25) is 0 Å². The Balaban J connectivity index is 3.43. The molecule has 0 fully saturated rings. The summed E-state index contributed by atoms with van der Waals surface area (Å²) in [4.78, 5) is 10.3. The van der Waals surface area contributed by atoms with Gasteiger partial charge in [0, 0.05) is 11.0 Å². The van der Waals surface area contributed by atoms with E-state index in [1.807, 2.05) is 5.92 Å². The van der Waals surface area contributed by atoms with Crippen LogP contribution in [0.25, 0.3) is 0 Å². The van der Waals surface area contributed by atoms with E-state index in [2.05, 4.69) is 27.8 Å². The summed E-state index contributed by atoms with van der Waals surface area (Å²) in [5.74, 6) is 1.49. The molecule has 0 aliphatic carbocycles. The molecule has 0 heterocycles. The normalized spacial score (nSPS) is 7.56. The van der Waals surface area contributed by atoms with E-state index in [1.165, 1.54) is 0 Å². The van der Waals surface area contributed by atoms with Crippen molar-refractivity contribution in [2.75, 3.05) is 6.54 Å². The zero-order valence-electron chi connectivity index (χ0n) is 4.78. The van der Waals surface area contributed by atoms with Crippen LogP contribution >= 0.6 is 15.9 Å². The molecule has 0 aliphatic rings. The summed E-state index contributed by atoms with van der Waals surface area (Å²) in [5.41, 5.74) is 0. The first kappa shape index (κ1) is 8.25. The largest absolute Gasteiger partial charge is 0.341 e. The highest BCUT2D eigenvalue weighted by Gasteiger charge is 1.91. The van der Waals surface area contributed by atoms with Crippen molar-refractivity contribution in [3.05, 3.63) is 11.1 Å². The van der Waals surface area contributed by atoms with Crippen LogP contribution < -0.4 is 5.32 Å². The number of carbonyl (C=O) groups excluding carboxylic acids is 1. The van der Waals surface area contributed by atoms with E-state index in [1.54, 1.807) is 0 Å². The molecule has 1 N–H and O–H groups in total. The quantitative estimate of drug-likeness (QED) is 0.633. The topological polar surface area (TPSA) is 29.1 Å². The number of nitrogens with one attached hydrogen (secondary N) is 1. The summed E-state index contributed by atoms with van der Waals surface area (Å²) in [6.07, 6.45) is 4.75. The lowest BCUT2D eigenvalue weighted by Crippen LogP contribution is -2.22. The van der Waals surface area contributed by atoms with Crippen LogP contribution in [0.1, 0.15) is 0 Å². The standard InChI is InChI=1S/C6H6BrNO/c1-3-6(9)8-4-5(2)7/h1H,2,4H2,(H,8,9). The molecule has 0 spiro atoms. The summed E-state index contributed by atoms with van der Waals surface area (Å²) >= 11 is 3.05. The summed E-state index contributed by atoms with van der Waals surface area (Å²) < 4.78 is 0.700. The van der Waals surface area contributed by atoms with E-state index in [0.717, 1.165) is 0 Å². The molecule has 0 aliphatic heterocycles. The number of hydrogen-bond donors (Lipinski definition) is 1. The van der Waals surface area contributed by atoms with Crippen molar-refractivity contribution in [3.8, 4) is 12.3 Å². The number of carbonyl (C=O) groups is 1. The molecule has 0 aromatic heterocycles. The fourth-order valence-electron chi connectivity index (χ4n) is 0.227. The van der Waals surface area contributed by atoms with Crippen LogP contribution in [0.15, 0.2) is 11.1 Å². The van der Waals surface area contributed by atoms with E-state index in [0.29, 0.717) is 11.0 Å². The maximum absolute atomic E-state index is 10.3. The van der Waals surface area contributed by atoms with E-state index in [4.69, 9.17) is 6.42 Å². The van der Waals surface area contributed by atoms with Crippen LogP contribution in [0.2, 0.25) is 0 Å². The predicted octanol–water partition coefficient (Wildman–Crippen LogP) is 0.644. The van der Waals surface area contributed by atoms with Crippen LogP contribution in [-0.2, 0) is 4.79 Å². The zero-order chi connectivity index (χ0) is 7.28. The first-order valence-corrected chi connectivity index (χ1v) is 3.04. The highest BCUT2D eigenvalue weighted by Crippen LogP contribution is 1.95. The van der Waals surface area contributed by atoms with Gasteiger partial charge < -0.3 is 5.32 Å². The minimum Gasteiger partial charge on any atom is -0.341 e. The molecule has 0 saturated heterocycles. The Morgan fingerprint density at radius 2 is 2.44 bits per heavy atom. The number of amides is 1. The van der Waals surface area contributed by atoms with Crippen molar-refractivity contribution in [1.29, 1.82) is 0 Å². The van der Waals surface area contributed by atoms with Gasteiger partial charge in [0.15, 0.2) is 0 Å². The second kappa shape index (κ2) is 4.16. The smallest absolute Gasteiger partial charge is 0.295 e. The molecule has 0 aromatic rings. The third-order valence-corrected chi connectivity index (χ3v) is 0.852. The predicted molar refractivity (Wildman–Crippen MR) is 39.9 cm³/mol. The summed E-state index contributed by atoms with van der Waals surface area (Å²) in [5, 5.41) is 2.41. The van der Waals surface area contributed by atoms with E-state index >= 15 is 0 Å². The van der Waals surface area contributed by atoms with E-state index in [-0.39, 0.29) is 0 Å². The summed E-state index contributed by atoms with van der Waals surface area (Å²) in [6.45, 7) is 3.87. The molecule has 3 heteroatoms. The van der Waals surface area contributed by atoms with E-state index < -0.39 is 5.91 Å². The van der Waals surface area contributed by atoms with Gasteiger partial charge in [0.25, 0.3) is 5.91 Å². The van der Waals surface area contributed by atoms with Gasteiger partial charge in [-0.2, -0.15) is 0 Å². The molecule has 0 bridgehead atoms. The third-order valence-electron chi connectivity index (χ3n) is 0.572. The number of hydrogen-bond acceptors (Lipinski definition) is 1. The van der Waals surface area contributed by atoms with Crippen molar-refractivity contribution in [2.45, 2.75) is 0 Å². The second-order valence-corrected chi connectivity index (χ2v) is 2.47. The van der Waals surface area contributed by atoms with Crippen molar-refractivity contribution < 1.29 is 4.79 Å². The second-order valence-electron chi connectivity index (χ2n) is 1.34. The first-order valence-electron chi connectivity index (χ1n) is 2.24. The third kappa shape index (κ3) is 5.12. The molecule has 9 heavy (non-hydrogen) atoms. The molecule has 2 nitrogen and oxygen atoms in total. The SMILES string of the molecule is C#CC(=O)NCC(=C)Br. The fourth-order valence-corrected chi connectivity index (χ4v) is 0.367. The van der Waals surface area contributed by atoms with Crippen LogP contribution in [0.3, 0.4) is 0 Å². The Morgan fingerprint density at radius 1 is 1.89 bits per heavy atom. The lowest BCUT2D eigenvalue weighted by atomic mass is 10.5. The van der Waals surface area contributed by atoms with Gasteiger partial charge in [-0.3, -0.25) is 4.79 Å². The van der Waals surface area contributed by atoms with Crippen molar-refractivity contribution in [2.24, 2.45) is 0 Å². The highest BCUT2D eigenvalue weighted by molar-refractivity contribution is 9.11. The average molecular weight is 188 g/mol. The molecule has 48 valence electrons. The van der Waals surface area contributed by atoms with Crippen molar-refractivity contribution in [3.63, 3.8) is 0 Å². The van der Waals surface area contributed by atoms with Crippen LogP contribution in [0, 0.1) is 12.3 Å². The first-order chi connectivity index (χ1) is 4.16. The van der Waals surface area contributed by atoms with Crippen molar-refractivity contribution >= 4 is 21.8 Å². The lowest BCUT2D eigenvalue weighted by molar-refractivity contribution is -0.115. The zero-order valence-corrected chi connectivity index (χ0v) is 6.36. The maximum Gasteiger partial charge on any atom is 0.295 e. The van der Waals surface area contributed by atoms with Gasteiger partial charge in [-0.25, -0.2) is 0 Å². The van der Waals surface area contributed by atoms with Gasteiger partial charge in [0.05, 0.1) is 0 Å². The number of terminal acetylenes is 1. The Bertz CT molecular complexity index is 168. The maximum atomic E-state index is 10.3. The average Bonchev–Trinajstić information content (AvgIpc) is 1.83. The molecule has 0 unspecified atom stereocenters. The fraction of sp³-hybridized carbons (Fsp3) is 0.167.